The number of ether oxygens (including phenoxy) is 1. The highest BCUT2D eigenvalue weighted by Crippen LogP contribution is 2.34. The fourth-order valence-corrected chi connectivity index (χ4v) is 4.91. The van der Waals surface area contributed by atoms with Gasteiger partial charge in [0, 0.05) is 24.0 Å². The SMILES string of the molecule is CCCCN1C(=O)c2cc3ccc(OC)cc3n2C[C@]1(C)C(=O)NC1CCCCC1. The molecular weight excluding hydrogens is 378 g/mol. The summed E-state index contributed by atoms with van der Waals surface area (Å²) in [5.74, 6) is 0.651. The van der Waals surface area contributed by atoms with Crippen LogP contribution in [0.4, 0.5) is 0 Å². The van der Waals surface area contributed by atoms with Crippen molar-refractivity contribution >= 4 is 22.7 Å². The predicted octanol–water partition coefficient (Wildman–Crippen LogP) is 4.11. The number of unbranched alkanes of at least 4 members (excludes halogenated alkanes) is 1. The van der Waals surface area contributed by atoms with Gasteiger partial charge in [-0.05, 0) is 44.4 Å². The molecule has 1 fully saturated rings. The van der Waals surface area contributed by atoms with Crippen LogP contribution in [0.3, 0.4) is 0 Å². The fourth-order valence-electron chi connectivity index (χ4n) is 4.91. The Morgan fingerprint density at radius 1 is 1.23 bits per heavy atom. The predicted molar refractivity (Wildman–Crippen MR) is 118 cm³/mol. The maximum atomic E-state index is 13.6. The van der Waals surface area contributed by atoms with Crippen LogP contribution < -0.4 is 10.1 Å². The number of fused-ring (bicyclic) bond motifs is 3. The molecule has 1 aliphatic heterocycles. The molecule has 0 radical (unpaired) electrons. The second-order valence-corrected chi connectivity index (χ2v) is 8.93. The maximum Gasteiger partial charge on any atom is 0.271 e. The van der Waals surface area contributed by atoms with Gasteiger partial charge in [0.25, 0.3) is 5.91 Å². The number of hydrogen-bond donors (Lipinski definition) is 1. The van der Waals surface area contributed by atoms with Gasteiger partial charge in [-0.1, -0.05) is 32.6 Å². The first-order valence-corrected chi connectivity index (χ1v) is 11.3. The summed E-state index contributed by atoms with van der Waals surface area (Å²) >= 11 is 0. The molecule has 2 amide bonds. The Bertz CT molecular complexity index is 945. The molecule has 1 saturated carbocycles. The van der Waals surface area contributed by atoms with Gasteiger partial charge in [-0.3, -0.25) is 9.59 Å². The van der Waals surface area contributed by atoms with Crippen molar-refractivity contribution in [3.8, 4) is 5.75 Å². The number of carbonyl (C=O) groups is 2. The number of aromatic nitrogens is 1. The van der Waals surface area contributed by atoms with Crippen molar-refractivity contribution in [2.24, 2.45) is 0 Å². The number of nitrogens with one attached hydrogen (secondary N) is 1. The van der Waals surface area contributed by atoms with E-state index in [0.29, 0.717) is 18.8 Å². The number of amides is 2. The summed E-state index contributed by atoms with van der Waals surface area (Å²) in [4.78, 5) is 28.9. The molecule has 30 heavy (non-hydrogen) atoms. The molecule has 1 N–H and O–H groups in total. The first-order valence-electron chi connectivity index (χ1n) is 11.3. The number of hydrogen-bond acceptors (Lipinski definition) is 3. The lowest BCUT2D eigenvalue weighted by atomic mass is 9.91. The van der Waals surface area contributed by atoms with Crippen molar-refractivity contribution in [1.29, 1.82) is 0 Å². The lowest BCUT2D eigenvalue weighted by molar-refractivity contribution is -0.133. The first kappa shape index (κ1) is 20.8. The van der Waals surface area contributed by atoms with Crippen LogP contribution in [-0.4, -0.2) is 46.5 Å². The number of benzene rings is 1. The van der Waals surface area contributed by atoms with Gasteiger partial charge in [0.15, 0.2) is 0 Å². The van der Waals surface area contributed by atoms with Crippen molar-refractivity contribution < 1.29 is 14.3 Å². The van der Waals surface area contributed by atoms with E-state index in [2.05, 4.69) is 12.2 Å². The molecule has 6 heteroatoms. The number of nitrogens with zero attached hydrogens (tertiary/aromatic N) is 2. The minimum Gasteiger partial charge on any atom is -0.497 e. The summed E-state index contributed by atoms with van der Waals surface area (Å²) in [6, 6.07) is 7.99. The van der Waals surface area contributed by atoms with E-state index >= 15 is 0 Å². The average molecular weight is 412 g/mol. The quantitative estimate of drug-likeness (QED) is 0.778. The molecule has 6 nitrogen and oxygen atoms in total. The minimum absolute atomic E-state index is 0.0331. The Labute approximate surface area is 178 Å². The number of methoxy groups -OCH3 is 1. The molecule has 1 aromatic carbocycles. The lowest BCUT2D eigenvalue weighted by Gasteiger charge is -2.45. The van der Waals surface area contributed by atoms with E-state index in [4.69, 9.17) is 4.74 Å². The molecule has 2 heterocycles. The Morgan fingerprint density at radius 3 is 2.70 bits per heavy atom. The van der Waals surface area contributed by atoms with Crippen LogP contribution >= 0.6 is 0 Å². The van der Waals surface area contributed by atoms with Gasteiger partial charge in [-0.15, -0.1) is 0 Å². The largest absolute Gasteiger partial charge is 0.497 e. The van der Waals surface area contributed by atoms with Gasteiger partial charge in [-0.25, -0.2) is 0 Å². The maximum absolute atomic E-state index is 13.6. The van der Waals surface area contributed by atoms with Crippen LogP contribution in [0.5, 0.6) is 5.75 Å². The van der Waals surface area contributed by atoms with Gasteiger partial charge >= 0.3 is 0 Å². The Balaban J connectivity index is 1.72. The molecule has 0 saturated heterocycles. The van der Waals surface area contributed by atoms with Gasteiger partial charge in [0.1, 0.15) is 17.0 Å². The highest BCUT2D eigenvalue weighted by Gasteiger charge is 2.47. The summed E-state index contributed by atoms with van der Waals surface area (Å²) in [6.45, 7) is 5.08. The van der Waals surface area contributed by atoms with Crippen LogP contribution in [0.1, 0.15) is 69.3 Å². The zero-order valence-corrected chi connectivity index (χ0v) is 18.4. The first-order chi connectivity index (χ1) is 14.5. The van der Waals surface area contributed by atoms with Gasteiger partial charge in [-0.2, -0.15) is 0 Å². The van der Waals surface area contributed by atoms with Crippen molar-refractivity contribution in [2.75, 3.05) is 13.7 Å². The Hall–Kier alpha value is -2.50. The van der Waals surface area contributed by atoms with E-state index in [1.807, 2.05) is 35.8 Å². The molecule has 162 valence electrons. The van der Waals surface area contributed by atoms with E-state index in [-0.39, 0.29) is 17.9 Å². The van der Waals surface area contributed by atoms with Crippen LogP contribution in [0.2, 0.25) is 0 Å². The van der Waals surface area contributed by atoms with Crippen LogP contribution in [0.25, 0.3) is 10.9 Å². The summed E-state index contributed by atoms with van der Waals surface area (Å²) in [5.41, 5.74) is 0.674. The molecule has 4 rings (SSSR count). The van der Waals surface area contributed by atoms with E-state index in [0.717, 1.165) is 55.2 Å². The molecule has 1 aliphatic carbocycles. The minimum atomic E-state index is -0.911. The lowest BCUT2D eigenvalue weighted by Crippen LogP contribution is -2.65. The smallest absolute Gasteiger partial charge is 0.271 e. The van der Waals surface area contributed by atoms with Crippen molar-refractivity contribution in [2.45, 2.75) is 76.9 Å². The normalized spacial score (nSPS) is 22.2. The van der Waals surface area contributed by atoms with Crippen molar-refractivity contribution in [3.63, 3.8) is 0 Å². The topological polar surface area (TPSA) is 63.6 Å². The summed E-state index contributed by atoms with van der Waals surface area (Å²) in [5, 5.41) is 4.27. The molecular formula is C24H33N3O3. The molecule has 1 atom stereocenters. The average Bonchev–Trinajstić information content (AvgIpc) is 3.12. The third-order valence-corrected chi connectivity index (χ3v) is 6.80. The van der Waals surface area contributed by atoms with Gasteiger partial charge in [0.05, 0.1) is 19.2 Å². The van der Waals surface area contributed by atoms with Gasteiger partial charge in [0.2, 0.25) is 5.91 Å². The van der Waals surface area contributed by atoms with E-state index in [9.17, 15) is 9.59 Å². The third kappa shape index (κ3) is 3.57. The van der Waals surface area contributed by atoms with E-state index in [1.165, 1.54) is 6.42 Å². The highest BCUT2D eigenvalue weighted by atomic mass is 16.5. The Morgan fingerprint density at radius 2 is 2.00 bits per heavy atom. The zero-order chi connectivity index (χ0) is 21.3. The molecule has 2 aliphatic rings. The van der Waals surface area contributed by atoms with E-state index in [1.54, 1.807) is 12.0 Å². The molecule has 2 aromatic rings. The molecule has 0 spiro atoms. The zero-order valence-electron chi connectivity index (χ0n) is 18.4. The van der Waals surface area contributed by atoms with Crippen molar-refractivity contribution in [3.05, 3.63) is 30.0 Å². The van der Waals surface area contributed by atoms with E-state index < -0.39 is 5.54 Å². The van der Waals surface area contributed by atoms with Crippen LogP contribution in [-0.2, 0) is 11.3 Å². The number of carbonyl (C=O) groups excluding carboxylic acids is 2. The molecule has 0 bridgehead atoms. The second-order valence-electron chi connectivity index (χ2n) is 8.93. The third-order valence-electron chi connectivity index (χ3n) is 6.80. The number of rotatable bonds is 6. The Kier molecular flexibility index (Phi) is 5.76. The molecule has 1 aromatic heterocycles. The standard InChI is InChI=1S/C24H33N3O3/c1-4-5-13-27-22(28)21-14-17-11-12-19(30-3)15-20(17)26(21)16-24(27,2)23(29)25-18-9-7-6-8-10-18/h11-12,14-15,18H,4-10,13,16H2,1-3H3,(H,25,29)/t24-/m1/s1. The summed E-state index contributed by atoms with van der Waals surface area (Å²) in [7, 11) is 1.64. The van der Waals surface area contributed by atoms with Crippen molar-refractivity contribution in [1.82, 2.24) is 14.8 Å². The summed E-state index contributed by atoms with van der Waals surface area (Å²) < 4.78 is 7.40. The fraction of sp³-hybridized carbons (Fsp3) is 0.583. The molecule has 0 unspecified atom stereocenters. The summed E-state index contributed by atoms with van der Waals surface area (Å²) in [6.07, 6.45) is 7.47. The van der Waals surface area contributed by atoms with Crippen LogP contribution in [0.15, 0.2) is 24.3 Å². The van der Waals surface area contributed by atoms with Gasteiger partial charge < -0.3 is 19.5 Å². The van der Waals surface area contributed by atoms with Crippen LogP contribution in [0, 0.1) is 0 Å². The highest BCUT2D eigenvalue weighted by molar-refractivity contribution is 6.03. The second kappa shape index (κ2) is 8.32. The monoisotopic (exact) mass is 411 g/mol.